The predicted octanol–water partition coefficient (Wildman–Crippen LogP) is 2.91. The number of carbonyl (C=O) groups excluding carboxylic acids is 1. The largest absolute Gasteiger partial charge is 0.478 e. The van der Waals surface area contributed by atoms with E-state index >= 15 is 0 Å². The van der Waals surface area contributed by atoms with Crippen molar-refractivity contribution >= 4 is 29.1 Å². The number of carbonyl (C=O) groups is 2. The van der Waals surface area contributed by atoms with Crippen molar-refractivity contribution in [3.8, 4) is 0 Å². The summed E-state index contributed by atoms with van der Waals surface area (Å²) in [5, 5.41) is 28.4. The van der Waals surface area contributed by atoms with E-state index < -0.39 is 12.0 Å². The minimum atomic E-state index is -1.12. The lowest BCUT2D eigenvalue weighted by atomic mass is 10.1. The topological polar surface area (TPSA) is 124 Å². The molecule has 2 aromatic carbocycles. The first-order valence-electron chi connectivity index (χ1n) is 9.39. The number of nitrogens with zero attached hydrogens (tertiary/aromatic N) is 1. The second kappa shape index (κ2) is 8.22. The van der Waals surface area contributed by atoms with Gasteiger partial charge in [0.2, 0.25) is 0 Å². The predicted molar refractivity (Wildman–Crippen MR) is 112 cm³/mol. The standard InChI is InChI=1S/C22H20N4O4/c27-12-19(13-4-2-1-3-5-13)26-18-9-20(23-11-17(18)22(29)30)25-15-6-7-16-14(8-15)10-24-21(16)28/h1-9,11,19,27H,10,12H2,(H,24,28)(H,29,30)(H2,23,25,26)/t19-/m1/s1. The van der Waals surface area contributed by atoms with Gasteiger partial charge in [-0.25, -0.2) is 9.78 Å². The molecule has 0 bridgehead atoms. The SMILES string of the molecule is O=C1NCc2cc(Nc3cc(N[C@H](CO)c4ccccc4)c(C(=O)O)cn3)ccc21. The smallest absolute Gasteiger partial charge is 0.339 e. The molecular formula is C22H20N4O4. The second-order valence-electron chi connectivity index (χ2n) is 6.89. The van der Waals surface area contributed by atoms with Crippen LogP contribution in [0.15, 0.2) is 60.8 Å². The third kappa shape index (κ3) is 3.94. The molecule has 4 rings (SSSR count). The maximum atomic E-state index is 11.7. The molecule has 8 nitrogen and oxygen atoms in total. The highest BCUT2D eigenvalue weighted by Gasteiger charge is 2.20. The summed E-state index contributed by atoms with van der Waals surface area (Å²) in [6.45, 7) is 0.261. The van der Waals surface area contributed by atoms with E-state index in [1.807, 2.05) is 36.4 Å². The van der Waals surface area contributed by atoms with Crippen LogP contribution in [0.2, 0.25) is 0 Å². The van der Waals surface area contributed by atoms with Gasteiger partial charge in [0.1, 0.15) is 11.4 Å². The molecule has 1 aromatic heterocycles. The average molecular weight is 404 g/mol. The van der Waals surface area contributed by atoms with Crippen LogP contribution in [0.3, 0.4) is 0 Å². The Labute approximate surface area is 172 Å². The zero-order valence-electron chi connectivity index (χ0n) is 15.9. The number of aliphatic hydroxyl groups excluding tert-OH is 1. The number of rotatable bonds is 7. The summed E-state index contributed by atoms with van der Waals surface area (Å²) in [5.74, 6) is -0.782. The summed E-state index contributed by atoms with van der Waals surface area (Å²) < 4.78 is 0. The van der Waals surface area contributed by atoms with Crippen molar-refractivity contribution in [3.63, 3.8) is 0 Å². The number of hydrogen-bond acceptors (Lipinski definition) is 6. The summed E-state index contributed by atoms with van der Waals surface area (Å²) >= 11 is 0. The van der Waals surface area contributed by atoms with Crippen molar-refractivity contribution in [2.45, 2.75) is 12.6 Å². The van der Waals surface area contributed by atoms with Gasteiger partial charge in [-0.15, -0.1) is 0 Å². The van der Waals surface area contributed by atoms with Crippen molar-refractivity contribution in [2.75, 3.05) is 17.2 Å². The number of fused-ring (bicyclic) bond motifs is 1. The summed E-state index contributed by atoms with van der Waals surface area (Å²) in [6.07, 6.45) is 1.27. The van der Waals surface area contributed by atoms with E-state index in [1.165, 1.54) is 6.20 Å². The minimum absolute atomic E-state index is 0.00122. The molecular weight excluding hydrogens is 384 g/mol. The Morgan fingerprint density at radius 3 is 2.70 bits per heavy atom. The van der Waals surface area contributed by atoms with E-state index in [0.29, 0.717) is 23.6 Å². The molecule has 2 heterocycles. The van der Waals surface area contributed by atoms with Crippen LogP contribution in [0.1, 0.15) is 37.9 Å². The van der Waals surface area contributed by atoms with Crippen LogP contribution in [-0.2, 0) is 6.54 Å². The lowest BCUT2D eigenvalue weighted by Gasteiger charge is -2.20. The Kier molecular flexibility index (Phi) is 5.32. The molecule has 152 valence electrons. The Bertz CT molecular complexity index is 1100. The van der Waals surface area contributed by atoms with E-state index in [9.17, 15) is 19.8 Å². The Morgan fingerprint density at radius 1 is 1.17 bits per heavy atom. The van der Waals surface area contributed by atoms with Crippen molar-refractivity contribution in [1.82, 2.24) is 10.3 Å². The molecule has 0 fully saturated rings. The highest BCUT2D eigenvalue weighted by molar-refractivity contribution is 5.99. The number of nitrogens with one attached hydrogen (secondary N) is 3. The highest BCUT2D eigenvalue weighted by atomic mass is 16.4. The van der Waals surface area contributed by atoms with Gasteiger partial charge in [-0.1, -0.05) is 30.3 Å². The van der Waals surface area contributed by atoms with Crippen molar-refractivity contribution in [2.24, 2.45) is 0 Å². The van der Waals surface area contributed by atoms with Gasteiger partial charge in [-0.3, -0.25) is 4.79 Å². The Morgan fingerprint density at radius 2 is 1.97 bits per heavy atom. The van der Waals surface area contributed by atoms with Gasteiger partial charge < -0.3 is 26.2 Å². The molecule has 0 aliphatic carbocycles. The lowest BCUT2D eigenvalue weighted by Crippen LogP contribution is -2.17. The number of aromatic nitrogens is 1. The first-order valence-corrected chi connectivity index (χ1v) is 9.39. The quantitative estimate of drug-likeness (QED) is 0.410. The molecule has 1 atom stereocenters. The summed E-state index contributed by atoms with van der Waals surface area (Å²) in [7, 11) is 0. The van der Waals surface area contributed by atoms with Crippen LogP contribution in [0.25, 0.3) is 0 Å². The summed E-state index contributed by atoms with van der Waals surface area (Å²) in [5.41, 5.74) is 3.42. The molecule has 5 N–H and O–H groups in total. The van der Waals surface area contributed by atoms with E-state index in [0.717, 1.165) is 16.8 Å². The lowest BCUT2D eigenvalue weighted by molar-refractivity contribution is 0.0697. The third-order valence-corrected chi connectivity index (χ3v) is 4.91. The van der Waals surface area contributed by atoms with Crippen LogP contribution in [-0.4, -0.2) is 33.7 Å². The zero-order valence-corrected chi connectivity index (χ0v) is 15.9. The van der Waals surface area contributed by atoms with E-state index in [4.69, 9.17) is 0 Å². The number of hydrogen-bond donors (Lipinski definition) is 5. The first kappa shape index (κ1) is 19.4. The van der Waals surface area contributed by atoms with Crippen LogP contribution in [0.4, 0.5) is 17.2 Å². The maximum Gasteiger partial charge on any atom is 0.339 e. The number of pyridine rings is 1. The molecule has 1 aliphatic rings. The Balaban J connectivity index is 1.61. The fourth-order valence-electron chi connectivity index (χ4n) is 3.38. The molecule has 0 unspecified atom stereocenters. The van der Waals surface area contributed by atoms with Gasteiger partial charge in [0.25, 0.3) is 5.91 Å². The van der Waals surface area contributed by atoms with Gasteiger partial charge in [0.05, 0.1) is 18.3 Å². The fourth-order valence-corrected chi connectivity index (χ4v) is 3.38. The van der Waals surface area contributed by atoms with Gasteiger partial charge in [-0.2, -0.15) is 0 Å². The number of anilines is 3. The van der Waals surface area contributed by atoms with Gasteiger partial charge in [-0.05, 0) is 29.3 Å². The number of carboxylic acids is 1. The van der Waals surface area contributed by atoms with Crippen LogP contribution >= 0.6 is 0 Å². The number of aromatic carboxylic acids is 1. The molecule has 30 heavy (non-hydrogen) atoms. The second-order valence-corrected chi connectivity index (χ2v) is 6.89. The number of benzene rings is 2. The van der Waals surface area contributed by atoms with E-state index in [2.05, 4.69) is 20.9 Å². The molecule has 8 heteroatoms. The van der Waals surface area contributed by atoms with Crippen molar-refractivity contribution in [1.29, 1.82) is 0 Å². The van der Waals surface area contributed by atoms with Crippen molar-refractivity contribution in [3.05, 3.63) is 83.0 Å². The highest BCUT2D eigenvalue weighted by Crippen LogP contribution is 2.27. The van der Waals surface area contributed by atoms with Gasteiger partial charge in [0, 0.05) is 30.1 Å². The fraction of sp³-hybridized carbons (Fsp3) is 0.136. The molecule has 1 aliphatic heterocycles. The maximum absolute atomic E-state index is 11.7. The molecule has 1 amide bonds. The monoisotopic (exact) mass is 404 g/mol. The molecule has 3 aromatic rings. The average Bonchev–Trinajstić information content (AvgIpc) is 3.12. The minimum Gasteiger partial charge on any atom is -0.478 e. The zero-order chi connectivity index (χ0) is 21.1. The van der Waals surface area contributed by atoms with Gasteiger partial charge in [0.15, 0.2) is 0 Å². The number of carboxylic acid groups (broad SMARTS) is 1. The molecule has 0 saturated heterocycles. The number of aliphatic hydroxyl groups is 1. The van der Waals surface area contributed by atoms with Crippen LogP contribution < -0.4 is 16.0 Å². The van der Waals surface area contributed by atoms with E-state index in [-0.39, 0.29) is 18.1 Å². The molecule has 0 spiro atoms. The summed E-state index contributed by atoms with van der Waals surface area (Å²) in [4.78, 5) is 27.5. The van der Waals surface area contributed by atoms with E-state index in [1.54, 1.807) is 18.2 Å². The van der Waals surface area contributed by atoms with Crippen LogP contribution in [0.5, 0.6) is 0 Å². The normalized spacial score (nSPS) is 13.3. The number of amides is 1. The Hall–Kier alpha value is -3.91. The molecule has 0 saturated carbocycles. The first-order chi connectivity index (χ1) is 14.5. The third-order valence-electron chi connectivity index (χ3n) is 4.91. The van der Waals surface area contributed by atoms with Gasteiger partial charge >= 0.3 is 5.97 Å². The van der Waals surface area contributed by atoms with Crippen molar-refractivity contribution < 1.29 is 19.8 Å². The van der Waals surface area contributed by atoms with Crippen LogP contribution in [0, 0.1) is 0 Å². The summed E-state index contributed by atoms with van der Waals surface area (Å²) in [6, 6.07) is 15.8. The molecule has 0 radical (unpaired) electrons.